The van der Waals surface area contributed by atoms with Crippen LogP contribution in [0, 0.1) is 17.8 Å². The lowest BCUT2D eigenvalue weighted by Gasteiger charge is -2.41. The lowest BCUT2D eigenvalue weighted by molar-refractivity contribution is -0.148. The second kappa shape index (κ2) is 10.5. The van der Waals surface area contributed by atoms with Crippen molar-refractivity contribution in [1.82, 2.24) is 14.7 Å². The van der Waals surface area contributed by atoms with Crippen molar-refractivity contribution in [3.63, 3.8) is 0 Å². The van der Waals surface area contributed by atoms with E-state index in [1.807, 2.05) is 29.7 Å². The topological polar surface area (TPSA) is 81.2 Å². The van der Waals surface area contributed by atoms with Crippen molar-refractivity contribution in [3.05, 3.63) is 24.3 Å². The zero-order chi connectivity index (χ0) is 26.3. The number of fused-ring (bicyclic) bond motifs is 2. The van der Waals surface area contributed by atoms with Crippen LogP contribution in [0.4, 0.5) is 0 Å². The highest BCUT2D eigenvalue weighted by Gasteiger charge is 2.74. The number of carbonyl (C=O) groups is 3. The number of hydrogen-bond donors (Lipinski definition) is 1. The lowest BCUT2D eigenvalue weighted by Crippen LogP contribution is -2.58. The summed E-state index contributed by atoms with van der Waals surface area (Å²) in [6.45, 7) is 12.3. The van der Waals surface area contributed by atoms with E-state index in [0.717, 1.165) is 25.7 Å². The van der Waals surface area contributed by atoms with E-state index < -0.39 is 33.4 Å². The molecular formula is C28H43N3O4S. The van der Waals surface area contributed by atoms with Gasteiger partial charge in [-0.05, 0) is 25.7 Å². The number of unbranched alkanes of at least 4 members (excludes halogenated alkanes) is 2. The van der Waals surface area contributed by atoms with Gasteiger partial charge in [-0.1, -0.05) is 64.8 Å². The summed E-state index contributed by atoms with van der Waals surface area (Å²) >= 11 is 1.62. The average molecular weight is 518 g/mol. The van der Waals surface area contributed by atoms with Gasteiger partial charge in [-0.25, -0.2) is 0 Å². The van der Waals surface area contributed by atoms with Gasteiger partial charge in [-0.15, -0.1) is 11.8 Å². The van der Waals surface area contributed by atoms with Crippen LogP contribution < -0.4 is 0 Å². The fraction of sp³-hybridized carbons (Fsp3) is 0.750. The second-order valence-electron chi connectivity index (χ2n) is 11.3. The maximum absolute atomic E-state index is 14.4. The molecule has 1 unspecified atom stereocenters. The van der Waals surface area contributed by atoms with Crippen molar-refractivity contribution in [1.29, 1.82) is 0 Å². The number of thioether (sulfide) groups is 1. The third kappa shape index (κ3) is 4.22. The Morgan fingerprint density at radius 3 is 2.22 bits per heavy atom. The molecule has 4 aliphatic heterocycles. The van der Waals surface area contributed by atoms with Crippen LogP contribution in [0.5, 0.6) is 0 Å². The molecular weight excluding hydrogens is 474 g/mol. The van der Waals surface area contributed by atoms with Crippen molar-refractivity contribution in [2.24, 2.45) is 17.8 Å². The van der Waals surface area contributed by atoms with Crippen LogP contribution in [0.2, 0.25) is 0 Å². The third-order valence-corrected chi connectivity index (χ3v) is 10.3. The molecule has 6 atom stereocenters. The number of carbonyl (C=O) groups excluding carboxylic acids is 3. The predicted molar refractivity (Wildman–Crippen MR) is 143 cm³/mol. The van der Waals surface area contributed by atoms with E-state index in [0.29, 0.717) is 26.2 Å². The zero-order valence-electron chi connectivity index (χ0n) is 22.5. The van der Waals surface area contributed by atoms with E-state index in [2.05, 4.69) is 39.0 Å². The van der Waals surface area contributed by atoms with Gasteiger partial charge >= 0.3 is 0 Å². The van der Waals surface area contributed by atoms with Gasteiger partial charge < -0.3 is 19.8 Å². The van der Waals surface area contributed by atoms with Gasteiger partial charge in [0.05, 0.1) is 29.2 Å². The number of likely N-dealkylation sites (tertiary alicyclic amines) is 1. The molecule has 0 bridgehead atoms. The molecule has 2 fully saturated rings. The number of nitrogens with zero attached hydrogens (tertiary/aromatic N) is 3. The van der Waals surface area contributed by atoms with Crippen LogP contribution in [0.1, 0.15) is 60.3 Å². The highest BCUT2D eigenvalue weighted by molar-refractivity contribution is 8.02. The van der Waals surface area contributed by atoms with Crippen LogP contribution in [0.25, 0.3) is 0 Å². The minimum atomic E-state index is -0.843. The van der Waals surface area contributed by atoms with E-state index in [4.69, 9.17) is 0 Å². The van der Waals surface area contributed by atoms with E-state index in [1.165, 1.54) is 0 Å². The Balaban J connectivity index is 1.84. The third-order valence-electron chi connectivity index (χ3n) is 8.50. The van der Waals surface area contributed by atoms with Crippen LogP contribution in [0.3, 0.4) is 0 Å². The quantitative estimate of drug-likeness (QED) is 0.376. The van der Waals surface area contributed by atoms with Gasteiger partial charge in [-0.3, -0.25) is 14.4 Å². The van der Waals surface area contributed by atoms with Gasteiger partial charge in [0, 0.05) is 30.9 Å². The second-order valence-corrected chi connectivity index (χ2v) is 13.1. The summed E-state index contributed by atoms with van der Waals surface area (Å²) in [5.41, 5.74) is 0. The minimum absolute atomic E-state index is 0.00247. The molecule has 0 radical (unpaired) electrons. The summed E-state index contributed by atoms with van der Waals surface area (Å²) in [7, 11) is 0. The van der Waals surface area contributed by atoms with Gasteiger partial charge in [0.1, 0.15) is 6.04 Å². The van der Waals surface area contributed by atoms with Crippen molar-refractivity contribution >= 4 is 29.5 Å². The molecule has 4 heterocycles. The van der Waals surface area contributed by atoms with Crippen LogP contribution in [0.15, 0.2) is 24.3 Å². The molecule has 200 valence electrons. The minimum Gasteiger partial charge on any atom is -0.394 e. The Hall–Kier alpha value is -1.80. The fourth-order valence-corrected chi connectivity index (χ4v) is 8.90. The van der Waals surface area contributed by atoms with Crippen molar-refractivity contribution in [2.45, 2.75) is 81.9 Å². The molecule has 0 aliphatic carbocycles. The van der Waals surface area contributed by atoms with Gasteiger partial charge in [-0.2, -0.15) is 0 Å². The van der Waals surface area contributed by atoms with E-state index >= 15 is 0 Å². The highest BCUT2D eigenvalue weighted by atomic mass is 32.2. The zero-order valence-corrected chi connectivity index (χ0v) is 23.3. The normalized spacial score (nSPS) is 34.7. The number of hydrogen-bond acceptors (Lipinski definition) is 5. The summed E-state index contributed by atoms with van der Waals surface area (Å²) in [5, 5.41) is 10.4. The largest absolute Gasteiger partial charge is 0.394 e. The molecule has 36 heavy (non-hydrogen) atoms. The Kier molecular flexibility index (Phi) is 7.96. The van der Waals surface area contributed by atoms with Crippen LogP contribution in [-0.2, 0) is 14.4 Å². The SMILES string of the molecule is CCCCCN1CC=C[C@]23S[C@@]4(C)C=CCN(CCC)C(=O)[C@H]4[C@H]2C(=O)N([C@@H](CO)C(C)C)C3C1=O. The number of aliphatic hydroxyl groups is 1. The molecule has 1 spiro atoms. The maximum atomic E-state index is 14.4. The molecule has 2 saturated heterocycles. The summed E-state index contributed by atoms with van der Waals surface area (Å²) in [5.74, 6) is -1.44. The summed E-state index contributed by atoms with van der Waals surface area (Å²) in [6, 6.07) is -1.21. The van der Waals surface area contributed by atoms with E-state index in [9.17, 15) is 19.5 Å². The molecule has 1 N–H and O–H groups in total. The standard InChI is InChI=1S/C28H43N3O4S/c1-6-8-9-15-30-17-11-13-28-22(25(34)31(23(28)26(30)35)20(18-32)19(3)4)21-24(33)29(14-7-2)16-10-12-27(21,5)36-28/h10-13,19-23,32H,6-9,14-18H2,1-5H3/t20-,21+,22-,23?,27-,28-/m0/s1. The molecule has 4 aliphatic rings. The molecule has 0 saturated carbocycles. The predicted octanol–water partition coefficient (Wildman–Crippen LogP) is 3.09. The first kappa shape index (κ1) is 27.2. The Bertz CT molecular complexity index is 936. The summed E-state index contributed by atoms with van der Waals surface area (Å²) in [6.07, 6.45) is 12.1. The Morgan fingerprint density at radius 1 is 0.944 bits per heavy atom. The Labute approximate surface area is 220 Å². The first-order chi connectivity index (χ1) is 17.2. The monoisotopic (exact) mass is 517 g/mol. The van der Waals surface area contributed by atoms with Gasteiger partial charge in [0.25, 0.3) is 0 Å². The van der Waals surface area contributed by atoms with Gasteiger partial charge in [0.2, 0.25) is 17.7 Å². The lowest BCUT2D eigenvalue weighted by atomic mass is 9.74. The first-order valence-electron chi connectivity index (χ1n) is 13.7. The molecule has 8 heteroatoms. The average Bonchev–Trinajstić information content (AvgIpc) is 3.10. The van der Waals surface area contributed by atoms with Crippen LogP contribution >= 0.6 is 11.8 Å². The van der Waals surface area contributed by atoms with Gasteiger partial charge in [0.15, 0.2) is 0 Å². The van der Waals surface area contributed by atoms with E-state index in [-0.39, 0.29) is 30.2 Å². The number of rotatable bonds is 9. The molecule has 0 aromatic rings. The Morgan fingerprint density at radius 2 is 1.61 bits per heavy atom. The molecule has 4 rings (SSSR count). The van der Waals surface area contributed by atoms with Crippen LogP contribution in [-0.4, -0.2) is 91.9 Å². The molecule has 7 nitrogen and oxygen atoms in total. The number of amides is 3. The fourth-order valence-electron chi connectivity index (χ4n) is 6.76. The first-order valence-corrected chi connectivity index (χ1v) is 14.5. The molecule has 0 aromatic carbocycles. The number of aliphatic hydroxyl groups excluding tert-OH is 1. The van der Waals surface area contributed by atoms with E-state index in [1.54, 1.807) is 16.7 Å². The van der Waals surface area contributed by atoms with Crippen molar-refractivity contribution in [2.75, 3.05) is 32.8 Å². The summed E-state index contributed by atoms with van der Waals surface area (Å²) in [4.78, 5) is 48.1. The smallest absolute Gasteiger partial charge is 0.247 e. The molecule has 3 amide bonds. The van der Waals surface area contributed by atoms with Crippen molar-refractivity contribution in [3.8, 4) is 0 Å². The molecule has 0 aromatic heterocycles. The van der Waals surface area contributed by atoms with Crippen molar-refractivity contribution < 1.29 is 19.5 Å². The maximum Gasteiger partial charge on any atom is 0.247 e. The summed E-state index contributed by atoms with van der Waals surface area (Å²) < 4.78 is -1.43. The highest BCUT2D eigenvalue weighted by Crippen LogP contribution is 2.66.